The van der Waals surface area contributed by atoms with Crippen LogP contribution in [-0.4, -0.2) is 50.7 Å². The second kappa shape index (κ2) is 13.4. The van der Waals surface area contributed by atoms with Gasteiger partial charge in [-0.05, 0) is 19.3 Å². The van der Waals surface area contributed by atoms with Crippen LogP contribution in [0.4, 0.5) is 0 Å². The van der Waals surface area contributed by atoms with Crippen LogP contribution in [0.3, 0.4) is 0 Å². The van der Waals surface area contributed by atoms with E-state index in [1.807, 2.05) is 0 Å². The molecule has 0 spiro atoms. The molecular formula is C8H16Na2O7S2. The van der Waals surface area contributed by atoms with E-state index in [0.717, 1.165) is 0 Å². The summed E-state index contributed by atoms with van der Waals surface area (Å²) in [4.78, 5) is 0. The molecule has 0 N–H and O–H groups in total. The van der Waals surface area contributed by atoms with E-state index in [1.54, 1.807) is 0 Å². The van der Waals surface area contributed by atoms with Crippen molar-refractivity contribution in [1.82, 2.24) is 0 Å². The zero-order valence-electron chi connectivity index (χ0n) is 11.3. The molecule has 19 heavy (non-hydrogen) atoms. The van der Waals surface area contributed by atoms with Crippen molar-refractivity contribution in [2.75, 3.05) is 24.7 Å². The first kappa shape index (κ1) is 25.7. The minimum atomic E-state index is -4.17. The molecule has 0 aliphatic carbocycles. The van der Waals surface area contributed by atoms with Gasteiger partial charge in [0, 0.05) is 24.7 Å². The standard InChI is InChI=1S/C8H18O7S2.2Na/c9-16(10,11)7-3-1-2-5-15-6-4-8-17(12,13)14;;/h1-8H2,(H,9,10,11)(H,12,13,14);;/q;2*+1/p-2. The van der Waals surface area contributed by atoms with Crippen molar-refractivity contribution in [3.63, 3.8) is 0 Å². The van der Waals surface area contributed by atoms with Gasteiger partial charge in [-0.15, -0.1) is 0 Å². The maximum absolute atomic E-state index is 10.2. The molecule has 0 amide bonds. The van der Waals surface area contributed by atoms with Gasteiger partial charge in [0.15, 0.2) is 0 Å². The van der Waals surface area contributed by atoms with E-state index in [2.05, 4.69) is 0 Å². The van der Waals surface area contributed by atoms with Crippen LogP contribution in [0, 0.1) is 0 Å². The van der Waals surface area contributed by atoms with Crippen LogP contribution in [0.2, 0.25) is 0 Å². The van der Waals surface area contributed by atoms with Crippen LogP contribution in [-0.2, 0) is 25.0 Å². The van der Waals surface area contributed by atoms with E-state index in [-0.39, 0.29) is 77.9 Å². The molecule has 0 aliphatic heterocycles. The third-order valence-electron chi connectivity index (χ3n) is 1.87. The molecule has 0 aromatic heterocycles. The molecule has 0 unspecified atom stereocenters. The van der Waals surface area contributed by atoms with Gasteiger partial charge < -0.3 is 13.8 Å². The summed E-state index contributed by atoms with van der Waals surface area (Å²) >= 11 is 0. The molecule has 0 bridgehead atoms. The quantitative estimate of drug-likeness (QED) is 0.221. The normalized spacial score (nSPS) is 11.5. The molecule has 0 aliphatic rings. The third-order valence-corrected chi connectivity index (χ3v) is 3.44. The monoisotopic (exact) mass is 334 g/mol. The fourth-order valence-electron chi connectivity index (χ4n) is 1.10. The number of ether oxygens (including phenoxy) is 1. The van der Waals surface area contributed by atoms with Crippen molar-refractivity contribution in [3.05, 3.63) is 0 Å². The van der Waals surface area contributed by atoms with Crippen LogP contribution in [0.1, 0.15) is 25.7 Å². The Morgan fingerprint density at radius 1 is 0.684 bits per heavy atom. The van der Waals surface area contributed by atoms with Crippen molar-refractivity contribution in [2.45, 2.75) is 25.7 Å². The molecule has 0 atom stereocenters. The molecule has 11 heteroatoms. The van der Waals surface area contributed by atoms with Gasteiger partial charge in [0.05, 0.1) is 20.2 Å². The first-order valence-electron chi connectivity index (χ1n) is 5.15. The first-order chi connectivity index (χ1) is 7.71. The minimum absolute atomic E-state index is 0. The van der Waals surface area contributed by atoms with Gasteiger partial charge in [0.25, 0.3) is 0 Å². The Labute approximate surface area is 158 Å². The average molecular weight is 334 g/mol. The fraction of sp³-hybridized carbons (Fsp3) is 1.00. The van der Waals surface area contributed by atoms with Crippen molar-refractivity contribution in [2.24, 2.45) is 0 Å². The second-order valence-corrected chi connectivity index (χ2v) is 6.60. The summed E-state index contributed by atoms with van der Waals surface area (Å²) in [6, 6.07) is 0. The Morgan fingerprint density at radius 3 is 1.58 bits per heavy atom. The van der Waals surface area contributed by atoms with E-state index < -0.39 is 26.0 Å². The zero-order chi connectivity index (χ0) is 13.4. The second-order valence-electron chi connectivity index (χ2n) is 3.55. The summed E-state index contributed by atoms with van der Waals surface area (Å²) in [7, 11) is -8.31. The van der Waals surface area contributed by atoms with Crippen LogP contribution in [0.25, 0.3) is 0 Å². The van der Waals surface area contributed by atoms with Gasteiger partial charge in [-0.1, -0.05) is 6.42 Å². The van der Waals surface area contributed by atoms with Crippen LogP contribution < -0.4 is 59.1 Å². The molecule has 0 fully saturated rings. The van der Waals surface area contributed by atoms with Crippen molar-refractivity contribution >= 4 is 20.2 Å². The molecule has 0 saturated heterocycles. The number of rotatable bonds is 10. The first-order valence-corrected chi connectivity index (χ1v) is 8.31. The Kier molecular flexibility index (Phi) is 18.2. The molecule has 0 aromatic carbocycles. The molecule has 0 rings (SSSR count). The third kappa shape index (κ3) is 25.1. The smallest absolute Gasteiger partial charge is 0.748 e. The largest absolute Gasteiger partial charge is 1.00 e. The van der Waals surface area contributed by atoms with E-state index in [0.29, 0.717) is 25.9 Å². The summed E-state index contributed by atoms with van der Waals surface area (Å²) in [6.07, 6.45) is 1.60. The number of unbranched alkanes of at least 4 members (excludes halogenated alkanes) is 2. The van der Waals surface area contributed by atoms with Gasteiger partial charge in [0.1, 0.15) is 0 Å². The summed E-state index contributed by atoms with van der Waals surface area (Å²) in [5, 5.41) is 0. The predicted molar refractivity (Wildman–Crippen MR) is 58.4 cm³/mol. The Hall–Kier alpha value is 1.78. The Morgan fingerprint density at radius 2 is 1.11 bits per heavy atom. The van der Waals surface area contributed by atoms with Gasteiger partial charge in [-0.3, -0.25) is 0 Å². The molecule has 0 heterocycles. The van der Waals surface area contributed by atoms with Crippen molar-refractivity contribution in [3.8, 4) is 0 Å². The number of hydrogen-bond acceptors (Lipinski definition) is 7. The predicted octanol–water partition coefficient (Wildman–Crippen LogP) is -6.34. The molecule has 104 valence electrons. The van der Waals surface area contributed by atoms with E-state index >= 15 is 0 Å². The number of hydrogen-bond donors (Lipinski definition) is 0. The summed E-state index contributed by atoms with van der Waals surface area (Å²) in [5.41, 5.74) is 0. The maximum atomic E-state index is 10.2. The van der Waals surface area contributed by atoms with E-state index in [1.165, 1.54) is 0 Å². The molecule has 7 nitrogen and oxygen atoms in total. The Balaban J connectivity index is -0.00000128. The SMILES string of the molecule is O=S(=O)([O-])CCCCCOCCCS(=O)(=O)[O-].[Na+].[Na+]. The summed E-state index contributed by atoms with van der Waals surface area (Å²) < 4.78 is 66.3. The molecule has 0 aromatic rings. The van der Waals surface area contributed by atoms with Crippen LogP contribution in [0.15, 0.2) is 0 Å². The average Bonchev–Trinajstić information content (AvgIpc) is 2.11. The fourth-order valence-corrected chi connectivity index (χ4v) is 2.13. The topological polar surface area (TPSA) is 124 Å². The van der Waals surface area contributed by atoms with Crippen LogP contribution in [0.5, 0.6) is 0 Å². The van der Waals surface area contributed by atoms with Crippen LogP contribution >= 0.6 is 0 Å². The molecular weight excluding hydrogens is 318 g/mol. The van der Waals surface area contributed by atoms with Crippen molar-refractivity contribution in [1.29, 1.82) is 0 Å². The maximum Gasteiger partial charge on any atom is 1.00 e. The summed E-state index contributed by atoms with van der Waals surface area (Å²) in [6.45, 7) is 0.541. The minimum Gasteiger partial charge on any atom is -0.748 e. The summed E-state index contributed by atoms with van der Waals surface area (Å²) in [5.74, 6) is -0.817. The zero-order valence-corrected chi connectivity index (χ0v) is 17.0. The molecule has 0 radical (unpaired) electrons. The van der Waals surface area contributed by atoms with Gasteiger partial charge in [-0.25, -0.2) is 16.8 Å². The van der Waals surface area contributed by atoms with Gasteiger partial charge in [0.2, 0.25) is 0 Å². The van der Waals surface area contributed by atoms with Gasteiger partial charge in [-0.2, -0.15) is 0 Å². The van der Waals surface area contributed by atoms with Gasteiger partial charge >= 0.3 is 59.1 Å². The van der Waals surface area contributed by atoms with E-state index in [4.69, 9.17) is 4.74 Å². The van der Waals surface area contributed by atoms with E-state index in [9.17, 15) is 25.9 Å². The Bertz CT molecular complexity index is 355. The van der Waals surface area contributed by atoms with Crippen molar-refractivity contribution < 1.29 is 89.8 Å². The molecule has 0 saturated carbocycles.